The summed E-state index contributed by atoms with van der Waals surface area (Å²) in [6.45, 7) is 1.50. The third-order valence-electron chi connectivity index (χ3n) is 5.67. The number of hydrogen-bond acceptors (Lipinski definition) is 1. The van der Waals surface area contributed by atoms with Crippen LogP contribution in [0.3, 0.4) is 0 Å². The zero-order valence-electron chi connectivity index (χ0n) is 15.7. The van der Waals surface area contributed by atoms with Crippen LogP contribution >= 0.6 is 0 Å². The van der Waals surface area contributed by atoms with Gasteiger partial charge in [0.1, 0.15) is 0 Å². The van der Waals surface area contributed by atoms with E-state index in [0.29, 0.717) is 0 Å². The molecule has 138 valence electrons. The first kappa shape index (κ1) is 16.8. The number of aromatic amines is 1. The summed E-state index contributed by atoms with van der Waals surface area (Å²) >= 11 is 0. The van der Waals surface area contributed by atoms with Crippen molar-refractivity contribution in [2.75, 3.05) is 13.1 Å². The average Bonchev–Trinajstić information content (AvgIpc) is 2.97. The van der Waals surface area contributed by atoms with Gasteiger partial charge in [-0.15, -0.1) is 0 Å². The number of benzene rings is 3. The molecule has 1 N–H and O–H groups in total. The first-order valence-corrected chi connectivity index (χ1v) is 9.83. The zero-order valence-corrected chi connectivity index (χ0v) is 15.7. The number of hydrogen-bond donors (Lipinski definition) is 1. The number of nitrogens with zero attached hydrogens (tertiary/aromatic N) is 1. The van der Waals surface area contributed by atoms with Crippen molar-refractivity contribution in [1.29, 1.82) is 0 Å². The van der Waals surface area contributed by atoms with E-state index in [0.717, 1.165) is 31.5 Å². The van der Waals surface area contributed by atoms with Gasteiger partial charge in [-0.2, -0.15) is 0 Å². The fraction of sp³-hybridized carbons (Fsp3) is 0.160. The van der Waals surface area contributed by atoms with Crippen molar-refractivity contribution in [3.05, 3.63) is 95.7 Å². The highest BCUT2D eigenvalue weighted by atomic mass is 16.2. The molecular formula is C25H22N2O. The van der Waals surface area contributed by atoms with Crippen LogP contribution in [0.15, 0.2) is 78.9 Å². The number of H-pyrrole nitrogens is 1. The van der Waals surface area contributed by atoms with Crippen LogP contribution in [-0.2, 0) is 12.8 Å². The second kappa shape index (κ2) is 7.01. The molecule has 3 heteroatoms. The minimum atomic E-state index is 0.125. The zero-order chi connectivity index (χ0) is 18.9. The van der Waals surface area contributed by atoms with Gasteiger partial charge in [-0.25, -0.2) is 0 Å². The van der Waals surface area contributed by atoms with Gasteiger partial charge in [-0.05, 0) is 47.4 Å². The Kier molecular flexibility index (Phi) is 4.21. The number of aromatic nitrogens is 1. The van der Waals surface area contributed by atoms with Crippen LogP contribution in [0.25, 0.3) is 22.0 Å². The molecule has 3 aromatic carbocycles. The molecule has 1 amide bonds. The Hall–Kier alpha value is -3.33. The normalized spacial score (nSPS) is 13.9. The summed E-state index contributed by atoms with van der Waals surface area (Å²) in [6.07, 6.45) is 1.75. The van der Waals surface area contributed by atoms with E-state index in [1.807, 2.05) is 41.3 Å². The highest BCUT2D eigenvalue weighted by Crippen LogP contribution is 2.30. The maximum Gasteiger partial charge on any atom is 0.253 e. The van der Waals surface area contributed by atoms with Gasteiger partial charge in [-0.3, -0.25) is 4.79 Å². The van der Waals surface area contributed by atoms with E-state index in [1.54, 1.807) is 0 Å². The molecular weight excluding hydrogens is 344 g/mol. The number of fused-ring (bicyclic) bond motifs is 3. The molecule has 0 radical (unpaired) electrons. The molecule has 4 aromatic rings. The van der Waals surface area contributed by atoms with Crippen molar-refractivity contribution in [3.8, 4) is 11.1 Å². The van der Waals surface area contributed by atoms with E-state index in [4.69, 9.17) is 0 Å². The third-order valence-corrected chi connectivity index (χ3v) is 5.67. The van der Waals surface area contributed by atoms with Crippen molar-refractivity contribution in [1.82, 2.24) is 9.88 Å². The lowest BCUT2D eigenvalue weighted by Crippen LogP contribution is -2.33. The van der Waals surface area contributed by atoms with E-state index in [2.05, 4.69) is 47.4 Å². The fourth-order valence-electron chi connectivity index (χ4n) is 4.18. The summed E-state index contributed by atoms with van der Waals surface area (Å²) in [4.78, 5) is 18.4. The summed E-state index contributed by atoms with van der Waals surface area (Å²) in [7, 11) is 0. The van der Waals surface area contributed by atoms with Crippen LogP contribution < -0.4 is 0 Å². The average molecular weight is 366 g/mol. The van der Waals surface area contributed by atoms with E-state index in [9.17, 15) is 4.79 Å². The smallest absolute Gasteiger partial charge is 0.253 e. The lowest BCUT2D eigenvalue weighted by molar-refractivity contribution is 0.0763. The molecule has 0 bridgehead atoms. The molecule has 1 aliphatic heterocycles. The summed E-state index contributed by atoms with van der Waals surface area (Å²) in [6, 6.07) is 26.7. The van der Waals surface area contributed by atoms with Crippen LogP contribution in [0.1, 0.15) is 21.6 Å². The lowest BCUT2D eigenvalue weighted by atomic mass is 10.0. The van der Waals surface area contributed by atoms with Gasteiger partial charge in [0.25, 0.3) is 5.91 Å². The quantitative estimate of drug-likeness (QED) is 0.528. The first-order valence-electron chi connectivity index (χ1n) is 9.83. The van der Waals surface area contributed by atoms with E-state index < -0.39 is 0 Å². The minimum absolute atomic E-state index is 0.125. The largest absolute Gasteiger partial charge is 0.358 e. The maximum absolute atomic E-state index is 12.8. The van der Waals surface area contributed by atoms with E-state index >= 15 is 0 Å². The maximum atomic E-state index is 12.8. The van der Waals surface area contributed by atoms with Gasteiger partial charge >= 0.3 is 0 Å². The van der Waals surface area contributed by atoms with Crippen molar-refractivity contribution in [2.45, 2.75) is 12.8 Å². The molecule has 0 saturated carbocycles. The fourth-order valence-corrected chi connectivity index (χ4v) is 4.18. The molecule has 0 fully saturated rings. The third kappa shape index (κ3) is 2.99. The van der Waals surface area contributed by atoms with Gasteiger partial charge in [-0.1, -0.05) is 54.6 Å². The molecule has 1 aliphatic rings. The molecule has 3 nitrogen and oxygen atoms in total. The monoisotopic (exact) mass is 366 g/mol. The Labute approximate surface area is 164 Å². The Morgan fingerprint density at radius 1 is 0.786 bits per heavy atom. The van der Waals surface area contributed by atoms with Crippen LogP contribution in [0.4, 0.5) is 0 Å². The number of nitrogens with one attached hydrogen (secondary N) is 1. The Balaban J connectivity index is 1.45. The van der Waals surface area contributed by atoms with Crippen molar-refractivity contribution < 1.29 is 4.79 Å². The lowest BCUT2D eigenvalue weighted by Gasteiger charge is -2.20. The second-order valence-corrected chi connectivity index (χ2v) is 7.37. The molecule has 5 rings (SSSR count). The molecule has 28 heavy (non-hydrogen) atoms. The molecule has 1 aromatic heterocycles. The standard InChI is InChI=1S/C25H22N2O/c28-25(19-9-5-2-6-10-19)27-15-13-21-22-17-20(18-7-3-1-4-8-18)11-12-23(22)26-24(21)14-16-27/h1-12,17,26H,13-16H2. The number of carbonyl (C=O) groups is 1. The van der Waals surface area contributed by atoms with Crippen molar-refractivity contribution in [2.24, 2.45) is 0 Å². The van der Waals surface area contributed by atoms with Crippen LogP contribution in [-0.4, -0.2) is 28.9 Å². The van der Waals surface area contributed by atoms with Crippen LogP contribution in [0, 0.1) is 0 Å². The summed E-state index contributed by atoms with van der Waals surface area (Å²) in [5.74, 6) is 0.125. The molecule has 0 saturated heterocycles. The van der Waals surface area contributed by atoms with Crippen LogP contribution in [0.2, 0.25) is 0 Å². The molecule has 0 aliphatic carbocycles. The Bertz CT molecular complexity index is 1130. The first-order chi connectivity index (χ1) is 13.8. The highest BCUT2D eigenvalue weighted by Gasteiger charge is 2.22. The minimum Gasteiger partial charge on any atom is -0.358 e. The summed E-state index contributed by atoms with van der Waals surface area (Å²) < 4.78 is 0. The molecule has 2 heterocycles. The van der Waals surface area contributed by atoms with Crippen molar-refractivity contribution in [3.63, 3.8) is 0 Å². The SMILES string of the molecule is O=C(c1ccccc1)N1CCc2[nH]c3ccc(-c4ccccc4)cc3c2CC1. The highest BCUT2D eigenvalue weighted by molar-refractivity contribution is 5.94. The number of amides is 1. The van der Waals surface area contributed by atoms with Gasteiger partial charge in [0.2, 0.25) is 0 Å². The van der Waals surface area contributed by atoms with Gasteiger partial charge in [0.15, 0.2) is 0 Å². The van der Waals surface area contributed by atoms with Crippen LogP contribution in [0.5, 0.6) is 0 Å². The molecule has 0 unspecified atom stereocenters. The number of rotatable bonds is 2. The molecule has 0 atom stereocenters. The Morgan fingerprint density at radius 3 is 2.29 bits per heavy atom. The van der Waals surface area contributed by atoms with E-state index in [-0.39, 0.29) is 5.91 Å². The van der Waals surface area contributed by atoms with Gasteiger partial charge in [0, 0.05) is 41.7 Å². The van der Waals surface area contributed by atoms with Gasteiger partial charge < -0.3 is 9.88 Å². The summed E-state index contributed by atoms with van der Waals surface area (Å²) in [5.41, 5.74) is 7.04. The number of carbonyl (C=O) groups excluding carboxylic acids is 1. The molecule has 0 spiro atoms. The van der Waals surface area contributed by atoms with Gasteiger partial charge in [0.05, 0.1) is 0 Å². The second-order valence-electron chi connectivity index (χ2n) is 7.37. The Morgan fingerprint density at radius 2 is 1.50 bits per heavy atom. The topological polar surface area (TPSA) is 36.1 Å². The van der Waals surface area contributed by atoms with Crippen molar-refractivity contribution >= 4 is 16.8 Å². The summed E-state index contributed by atoms with van der Waals surface area (Å²) in [5, 5.41) is 1.28. The predicted octanol–water partition coefficient (Wildman–Crippen LogP) is 5.08. The predicted molar refractivity (Wildman–Crippen MR) is 113 cm³/mol. The van der Waals surface area contributed by atoms with E-state index in [1.165, 1.54) is 33.3 Å².